The second-order valence-electron chi connectivity index (χ2n) is 4.12. The summed E-state index contributed by atoms with van der Waals surface area (Å²) < 4.78 is 4.90. The minimum atomic E-state index is -0.517. The van der Waals surface area contributed by atoms with Gasteiger partial charge in [-0.1, -0.05) is 6.07 Å². The number of carbonyl (C=O) groups is 1. The largest absolute Gasteiger partial charge is 0.460 e. The van der Waals surface area contributed by atoms with Gasteiger partial charge in [-0.05, 0) is 25.1 Å². The molecule has 6 heteroatoms. The van der Waals surface area contributed by atoms with Gasteiger partial charge in [0, 0.05) is 11.8 Å². The first kappa shape index (κ1) is 12.3. The number of H-pyrrole nitrogens is 1. The van der Waals surface area contributed by atoms with E-state index >= 15 is 0 Å². The van der Waals surface area contributed by atoms with Crippen LogP contribution in [0.15, 0.2) is 36.8 Å². The number of benzene rings is 1. The van der Waals surface area contributed by atoms with Gasteiger partial charge in [-0.15, -0.1) is 0 Å². The molecule has 0 saturated carbocycles. The number of imidazole rings is 1. The number of rotatable bonds is 3. The fourth-order valence-electron chi connectivity index (χ4n) is 1.91. The predicted molar refractivity (Wildman–Crippen MR) is 73.1 cm³/mol. The van der Waals surface area contributed by atoms with Crippen molar-refractivity contribution in [3.05, 3.63) is 42.6 Å². The second kappa shape index (κ2) is 5.08. The van der Waals surface area contributed by atoms with Crippen molar-refractivity contribution in [2.75, 3.05) is 6.61 Å². The molecule has 3 aromatic rings. The van der Waals surface area contributed by atoms with Crippen LogP contribution in [0.5, 0.6) is 0 Å². The fourth-order valence-corrected chi connectivity index (χ4v) is 1.91. The molecule has 0 atom stereocenters. The molecule has 2 heterocycles. The first-order valence-corrected chi connectivity index (χ1v) is 6.21. The molecule has 0 aliphatic carbocycles. The number of hydrogen-bond acceptors (Lipinski definition) is 5. The maximum absolute atomic E-state index is 11.6. The first-order chi connectivity index (χ1) is 9.78. The lowest BCUT2D eigenvalue weighted by molar-refractivity contribution is 0.0512. The van der Waals surface area contributed by atoms with Gasteiger partial charge in [0.2, 0.25) is 5.82 Å². The van der Waals surface area contributed by atoms with E-state index in [1.54, 1.807) is 25.5 Å². The van der Waals surface area contributed by atoms with Gasteiger partial charge >= 0.3 is 5.97 Å². The summed E-state index contributed by atoms with van der Waals surface area (Å²) in [6.07, 6.45) is 3.18. The Kier molecular flexibility index (Phi) is 3.12. The number of nitrogens with one attached hydrogen (secondary N) is 1. The molecule has 0 unspecified atom stereocenters. The highest BCUT2D eigenvalue weighted by molar-refractivity contribution is 5.86. The molecule has 0 aliphatic heterocycles. The Balaban J connectivity index is 2.00. The molecule has 1 N–H and O–H groups in total. The highest BCUT2D eigenvalue weighted by Crippen LogP contribution is 2.20. The molecule has 6 nitrogen and oxygen atoms in total. The SMILES string of the molecule is CCOC(=O)c1nccc(-c2ccc3nc[nH]c3c2)n1. The Bertz CT molecular complexity index is 766. The van der Waals surface area contributed by atoms with Crippen LogP contribution >= 0.6 is 0 Å². The van der Waals surface area contributed by atoms with Crippen LogP contribution in [-0.4, -0.2) is 32.5 Å². The first-order valence-electron chi connectivity index (χ1n) is 6.21. The van der Waals surface area contributed by atoms with Crippen molar-refractivity contribution in [1.82, 2.24) is 19.9 Å². The topological polar surface area (TPSA) is 80.8 Å². The van der Waals surface area contributed by atoms with Crippen molar-refractivity contribution in [2.24, 2.45) is 0 Å². The summed E-state index contributed by atoms with van der Waals surface area (Å²) in [5, 5.41) is 0. The van der Waals surface area contributed by atoms with E-state index in [4.69, 9.17) is 4.74 Å². The van der Waals surface area contributed by atoms with Crippen LogP contribution in [0, 0.1) is 0 Å². The van der Waals surface area contributed by atoms with Crippen LogP contribution in [-0.2, 0) is 4.74 Å². The third-order valence-corrected chi connectivity index (χ3v) is 2.83. The van der Waals surface area contributed by atoms with Gasteiger partial charge in [0.1, 0.15) is 0 Å². The smallest absolute Gasteiger partial charge is 0.376 e. The Morgan fingerprint density at radius 3 is 3.05 bits per heavy atom. The molecule has 0 spiro atoms. The molecule has 0 radical (unpaired) electrons. The third-order valence-electron chi connectivity index (χ3n) is 2.83. The lowest BCUT2D eigenvalue weighted by atomic mass is 10.1. The third kappa shape index (κ3) is 2.23. The molecule has 3 rings (SSSR count). The maximum atomic E-state index is 11.6. The number of carbonyl (C=O) groups excluding carboxylic acids is 1. The van der Waals surface area contributed by atoms with Crippen LogP contribution in [0.2, 0.25) is 0 Å². The van der Waals surface area contributed by atoms with Gasteiger partial charge in [0.05, 0.1) is 29.7 Å². The van der Waals surface area contributed by atoms with Gasteiger partial charge < -0.3 is 9.72 Å². The average molecular weight is 268 g/mol. The fraction of sp³-hybridized carbons (Fsp3) is 0.143. The summed E-state index contributed by atoms with van der Waals surface area (Å²) in [6.45, 7) is 2.04. The van der Waals surface area contributed by atoms with E-state index in [-0.39, 0.29) is 5.82 Å². The van der Waals surface area contributed by atoms with Gasteiger partial charge in [-0.2, -0.15) is 0 Å². The standard InChI is InChI=1S/C14H12N4O2/c1-2-20-14(19)13-15-6-5-10(18-13)9-3-4-11-12(7-9)17-8-16-11/h3-8H,2H2,1H3,(H,16,17). The molecule has 2 aromatic heterocycles. The predicted octanol–water partition coefficient (Wildman–Crippen LogP) is 2.20. The summed E-state index contributed by atoms with van der Waals surface area (Å²) in [6, 6.07) is 7.48. The van der Waals surface area contributed by atoms with Crippen molar-refractivity contribution in [1.29, 1.82) is 0 Å². The van der Waals surface area contributed by atoms with Crippen molar-refractivity contribution in [3.63, 3.8) is 0 Å². The zero-order chi connectivity index (χ0) is 13.9. The number of esters is 1. The summed E-state index contributed by atoms with van der Waals surface area (Å²) >= 11 is 0. The van der Waals surface area contributed by atoms with Crippen LogP contribution in [0.4, 0.5) is 0 Å². The van der Waals surface area contributed by atoms with Crippen molar-refractivity contribution >= 4 is 17.0 Å². The molecule has 0 fully saturated rings. The number of nitrogens with zero attached hydrogens (tertiary/aromatic N) is 3. The molecule has 1 aromatic carbocycles. The molecule has 20 heavy (non-hydrogen) atoms. The summed E-state index contributed by atoms with van der Waals surface area (Å²) in [4.78, 5) is 27.0. The monoisotopic (exact) mass is 268 g/mol. The van der Waals surface area contributed by atoms with E-state index in [1.807, 2.05) is 18.2 Å². The van der Waals surface area contributed by atoms with E-state index in [9.17, 15) is 4.79 Å². The highest BCUT2D eigenvalue weighted by Gasteiger charge is 2.11. The molecule has 0 amide bonds. The zero-order valence-corrected chi connectivity index (χ0v) is 10.8. The summed E-state index contributed by atoms with van der Waals surface area (Å²) in [5.74, 6) is -0.453. The minimum Gasteiger partial charge on any atom is -0.460 e. The van der Waals surface area contributed by atoms with Crippen LogP contribution in [0.25, 0.3) is 22.3 Å². The quantitative estimate of drug-likeness (QED) is 0.736. The average Bonchev–Trinajstić information content (AvgIpc) is 2.95. The molecular formula is C14H12N4O2. The van der Waals surface area contributed by atoms with Gasteiger partial charge in [0.15, 0.2) is 0 Å². The van der Waals surface area contributed by atoms with Gasteiger partial charge in [-0.3, -0.25) is 0 Å². The number of ether oxygens (including phenoxy) is 1. The van der Waals surface area contributed by atoms with E-state index in [1.165, 1.54) is 0 Å². The van der Waals surface area contributed by atoms with Gasteiger partial charge in [-0.25, -0.2) is 19.7 Å². The number of fused-ring (bicyclic) bond motifs is 1. The van der Waals surface area contributed by atoms with Crippen molar-refractivity contribution in [3.8, 4) is 11.3 Å². The molecule has 0 aliphatic rings. The van der Waals surface area contributed by atoms with E-state index in [0.29, 0.717) is 12.3 Å². The van der Waals surface area contributed by atoms with Gasteiger partial charge in [0.25, 0.3) is 0 Å². The Hall–Kier alpha value is -2.76. The number of hydrogen-bond donors (Lipinski definition) is 1. The lowest BCUT2D eigenvalue weighted by Gasteiger charge is -2.03. The van der Waals surface area contributed by atoms with Crippen LogP contribution in [0.3, 0.4) is 0 Å². The number of aromatic nitrogens is 4. The minimum absolute atomic E-state index is 0.0639. The van der Waals surface area contributed by atoms with Crippen molar-refractivity contribution < 1.29 is 9.53 Å². The van der Waals surface area contributed by atoms with E-state index < -0.39 is 5.97 Å². The summed E-state index contributed by atoms with van der Waals surface area (Å²) in [7, 11) is 0. The molecule has 100 valence electrons. The van der Waals surface area contributed by atoms with Crippen molar-refractivity contribution in [2.45, 2.75) is 6.92 Å². The van der Waals surface area contributed by atoms with E-state index in [2.05, 4.69) is 19.9 Å². The molecule has 0 saturated heterocycles. The number of aromatic amines is 1. The molecule has 0 bridgehead atoms. The lowest BCUT2D eigenvalue weighted by Crippen LogP contribution is -2.09. The second-order valence-corrected chi connectivity index (χ2v) is 4.12. The highest BCUT2D eigenvalue weighted by atomic mass is 16.5. The molecular weight excluding hydrogens is 256 g/mol. The Morgan fingerprint density at radius 1 is 1.30 bits per heavy atom. The normalized spacial score (nSPS) is 10.7. The Labute approximate surface area is 114 Å². The maximum Gasteiger partial charge on any atom is 0.376 e. The van der Waals surface area contributed by atoms with E-state index in [0.717, 1.165) is 16.6 Å². The zero-order valence-electron chi connectivity index (χ0n) is 10.8. The van der Waals surface area contributed by atoms with Crippen LogP contribution in [0.1, 0.15) is 17.5 Å². The van der Waals surface area contributed by atoms with Crippen LogP contribution < -0.4 is 0 Å². The Morgan fingerprint density at radius 2 is 2.20 bits per heavy atom. The summed E-state index contributed by atoms with van der Waals surface area (Å²) in [5.41, 5.74) is 3.35.